The maximum Gasteiger partial charge on any atom is 0.425 e. The van der Waals surface area contributed by atoms with E-state index in [1.165, 1.54) is 17.6 Å². The summed E-state index contributed by atoms with van der Waals surface area (Å²) in [4.78, 5) is 32.8. The van der Waals surface area contributed by atoms with Crippen molar-refractivity contribution in [1.82, 2.24) is 14.8 Å². The number of nitrogens with zero attached hydrogens (tertiary/aromatic N) is 4. The lowest BCUT2D eigenvalue weighted by Crippen LogP contribution is -2.67. The fourth-order valence-electron chi connectivity index (χ4n) is 8.71. The zero-order valence-corrected chi connectivity index (χ0v) is 31.7. The number of hydrogen-bond acceptors (Lipinski definition) is 8. The van der Waals surface area contributed by atoms with Crippen LogP contribution in [0.3, 0.4) is 0 Å². The molecule has 16 heteroatoms. The fourth-order valence-corrected chi connectivity index (χ4v) is 9.39. The van der Waals surface area contributed by atoms with Gasteiger partial charge in [0, 0.05) is 49.3 Å². The fraction of sp³-hybridized carbons (Fsp3) is 0.550. The predicted molar refractivity (Wildman–Crippen MR) is 194 cm³/mol. The number of pyridine rings is 1. The standard InChI is InChI=1S/C40H44F6N4O5S/c1-2-7-33-38(55-28-22-34(56-24-28)40(44,45)46,13-6-17-50(33)23-31-29(39(41,42)43)9-5-16-48-31)36(53)49-18-14-37(25-47,15-19-49)30-8-3-4-10-32(30)54-27-12-11-26(20-27)21-35(51)52/h3-5,8-10,16,22,24,26-27,33H,2,6-7,11-15,17-21,23H2,1H3,(H,51,52). The molecular formula is C40H44F6N4O5S. The number of rotatable bonds is 12. The number of likely N-dealkylation sites (tertiary alicyclic amines) is 2. The smallest absolute Gasteiger partial charge is 0.425 e. The van der Waals surface area contributed by atoms with Gasteiger partial charge in [0.2, 0.25) is 5.60 Å². The first-order valence-corrected chi connectivity index (χ1v) is 19.7. The normalized spacial score (nSPS) is 24.4. The monoisotopic (exact) mass is 806 g/mol. The molecule has 302 valence electrons. The minimum absolute atomic E-state index is 0.00426. The van der Waals surface area contributed by atoms with Gasteiger partial charge in [0.15, 0.2) is 0 Å². The summed E-state index contributed by atoms with van der Waals surface area (Å²) in [5.41, 5.74) is -3.29. The van der Waals surface area contributed by atoms with Gasteiger partial charge in [-0.2, -0.15) is 31.6 Å². The number of nitriles is 1. The number of alkyl halides is 6. The molecule has 3 aliphatic rings. The van der Waals surface area contributed by atoms with E-state index in [1.54, 1.807) is 28.0 Å². The third-order valence-electron chi connectivity index (χ3n) is 11.4. The number of amides is 1. The highest BCUT2D eigenvalue weighted by molar-refractivity contribution is 7.10. The molecule has 3 aromatic rings. The topological polar surface area (TPSA) is 116 Å². The van der Waals surface area contributed by atoms with E-state index in [0.29, 0.717) is 67.7 Å². The van der Waals surface area contributed by atoms with Crippen molar-refractivity contribution in [3.05, 3.63) is 75.7 Å². The number of benzene rings is 1. The Bertz CT molecular complexity index is 1910. The summed E-state index contributed by atoms with van der Waals surface area (Å²) in [5.74, 6) is -0.995. The third-order valence-corrected chi connectivity index (χ3v) is 12.3. The van der Waals surface area contributed by atoms with Gasteiger partial charge >= 0.3 is 18.3 Å². The molecule has 1 saturated carbocycles. The largest absolute Gasteiger partial charge is 0.490 e. The van der Waals surface area contributed by atoms with Gasteiger partial charge in [-0.05, 0) is 82.0 Å². The molecule has 0 bridgehead atoms. The summed E-state index contributed by atoms with van der Waals surface area (Å²) in [5, 5.41) is 21.1. The van der Waals surface area contributed by atoms with Gasteiger partial charge < -0.3 is 19.5 Å². The quantitative estimate of drug-likeness (QED) is 0.181. The number of hydrogen-bond donors (Lipinski definition) is 1. The number of halogens is 6. The molecule has 4 unspecified atom stereocenters. The van der Waals surface area contributed by atoms with Crippen LogP contribution in [0.4, 0.5) is 26.3 Å². The summed E-state index contributed by atoms with van der Waals surface area (Å²) in [7, 11) is 0. The van der Waals surface area contributed by atoms with E-state index in [2.05, 4.69) is 11.1 Å². The van der Waals surface area contributed by atoms with Crippen molar-refractivity contribution in [2.45, 2.75) is 113 Å². The van der Waals surface area contributed by atoms with Crippen LogP contribution in [0.25, 0.3) is 0 Å². The molecule has 9 nitrogen and oxygen atoms in total. The Hall–Kier alpha value is -4.36. The van der Waals surface area contributed by atoms with Crippen LogP contribution in [0.1, 0.15) is 92.8 Å². The number of ether oxygens (including phenoxy) is 2. The second-order valence-corrected chi connectivity index (χ2v) is 15.9. The summed E-state index contributed by atoms with van der Waals surface area (Å²) in [6.45, 7) is 2.11. The van der Waals surface area contributed by atoms with Gasteiger partial charge in [-0.25, -0.2) is 0 Å². The lowest BCUT2D eigenvalue weighted by atomic mass is 9.72. The van der Waals surface area contributed by atoms with Crippen LogP contribution in [-0.4, -0.2) is 69.1 Å². The minimum Gasteiger partial charge on any atom is -0.490 e. The SMILES string of the molecule is CCCC1N(Cc2ncccc2C(F)(F)F)CCCC1(Oc1csc(C(F)(F)F)c1)C(=O)N1CCC(C#N)(c2ccccc2OC2CCC(CC(=O)O)C2)CC1. The lowest BCUT2D eigenvalue weighted by Gasteiger charge is -2.51. The molecule has 3 fully saturated rings. The molecule has 6 rings (SSSR count). The Balaban J connectivity index is 1.29. The second kappa shape index (κ2) is 16.6. The highest BCUT2D eigenvalue weighted by atomic mass is 32.1. The lowest BCUT2D eigenvalue weighted by molar-refractivity contribution is -0.163. The Morgan fingerprint density at radius 1 is 1.04 bits per heavy atom. The molecule has 1 aromatic carbocycles. The molecule has 0 spiro atoms. The second-order valence-electron chi connectivity index (χ2n) is 15.0. The van der Waals surface area contributed by atoms with Crippen LogP contribution in [0.2, 0.25) is 0 Å². The number of thiophene rings is 1. The number of aromatic nitrogens is 1. The van der Waals surface area contributed by atoms with Crippen LogP contribution < -0.4 is 9.47 Å². The van der Waals surface area contributed by atoms with Crippen molar-refractivity contribution in [3.63, 3.8) is 0 Å². The van der Waals surface area contributed by atoms with E-state index in [0.717, 1.165) is 12.1 Å². The Kier molecular flexibility index (Phi) is 12.3. The molecule has 1 amide bonds. The Labute approximate surface area is 325 Å². The number of piperidine rings is 2. The maximum absolute atomic E-state index is 15.0. The van der Waals surface area contributed by atoms with Crippen LogP contribution in [0, 0.1) is 17.2 Å². The highest BCUT2D eigenvalue weighted by Gasteiger charge is 2.55. The summed E-state index contributed by atoms with van der Waals surface area (Å²) < 4.78 is 96.3. The minimum atomic E-state index is -4.68. The van der Waals surface area contributed by atoms with E-state index in [1.807, 2.05) is 13.0 Å². The Morgan fingerprint density at radius 2 is 1.79 bits per heavy atom. The van der Waals surface area contributed by atoms with Gasteiger partial charge in [0.25, 0.3) is 5.91 Å². The summed E-state index contributed by atoms with van der Waals surface area (Å²) >= 11 is 0.432. The third kappa shape index (κ3) is 8.78. The molecule has 0 radical (unpaired) electrons. The first kappa shape index (κ1) is 41.3. The van der Waals surface area contributed by atoms with Crippen LogP contribution in [0.15, 0.2) is 54.0 Å². The average molecular weight is 807 g/mol. The summed E-state index contributed by atoms with van der Waals surface area (Å²) in [6, 6.07) is 11.9. The Morgan fingerprint density at radius 3 is 2.45 bits per heavy atom. The van der Waals surface area contributed by atoms with Gasteiger partial charge in [0.05, 0.1) is 34.9 Å². The van der Waals surface area contributed by atoms with Gasteiger partial charge in [0.1, 0.15) is 16.4 Å². The van der Waals surface area contributed by atoms with E-state index >= 15 is 4.79 Å². The number of carbonyl (C=O) groups excluding carboxylic acids is 1. The molecule has 2 aliphatic heterocycles. The molecule has 1 N–H and O–H groups in total. The predicted octanol–water partition coefficient (Wildman–Crippen LogP) is 8.87. The molecule has 2 saturated heterocycles. The van der Waals surface area contributed by atoms with E-state index in [-0.39, 0.29) is 68.8 Å². The van der Waals surface area contributed by atoms with Crippen molar-refractivity contribution in [2.75, 3.05) is 19.6 Å². The number of aliphatic carboxylic acids is 1. The van der Waals surface area contributed by atoms with Crippen LogP contribution >= 0.6 is 11.3 Å². The van der Waals surface area contributed by atoms with Crippen LogP contribution in [0.5, 0.6) is 11.5 Å². The summed E-state index contributed by atoms with van der Waals surface area (Å²) in [6.07, 6.45) is -4.62. The van der Waals surface area contributed by atoms with Gasteiger partial charge in [-0.15, -0.1) is 11.3 Å². The van der Waals surface area contributed by atoms with Crippen molar-refractivity contribution in [3.8, 4) is 17.6 Å². The molecular weight excluding hydrogens is 763 g/mol. The highest BCUT2D eigenvalue weighted by Crippen LogP contribution is 2.45. The van der Waals surface area contributed by atoms with E-state index in [4.69, 9.17) is 9.47 Å². The molecule has 1 aliphatic carbocycles. The van der Waals surface area contributed by atoms with Crippen molar-refractivity contribution in [1.29, 1.82) is 5.26 Å². The molecule has 4 heterocycles. The number of carboxylic acid groups (broad SMARTS) is 1. The zero-order chi connectivity index (χ0) is 40.3. The van der Waals surface area contributed by atoms with Crippen molar-refractivity contribution < 1.29 is 50.5 Å². The molecule has 2 aromatic heterocycles. The van der Waals surface area contributed by atoms with Gasteiger partial charge in [-0.1, -0.05) is 31.5 Å². The van der Waals surface area contributed by atoms with Crippen LogP contribution in [-0.2, 0) is 33.9 Å². The first-order chi connectivity index (χ1) is 26.6. The number of para-hydroxylation sites is 1. The van der Waals surface area contributed by atoms with E-state index < -0.39 is 51.7 Å². The average Bonchev–Trinajstić information content (AvgIpc) is 3.82. The van der Waals surface area contributed by atoms with Crippen molar-refractivity contribution in [2.24, 2.45) is 5.92 Å². The molecule has 56 heavy (non-hydrogen) atoms. The molecule has 4 atom stereocenters. The number of carboxylic acids is 1. The zero-order valence-electron chi connectivity index (χ0n) is 30.9. The maximum atomic E-state index is 15.0. The van der Waals surface area contributed by atoms with Gasteiger partial charge in [-0.3, -0.25) is 19.5 Å². The number of carbonyl (C=O) groups is 2. The van der Waals surface area contributed by atoms with Crippen molar-refractivity contribution >= 4 is 23.2 Å². The first-order valence-electron chi connectivity index (χ1n) is 18.9. The van der Waals surface area contributed by atoms with E-state index in [9.17, 15) is 41.5 Å².